The lowest BCUT2D eigenvalue weighted by Crippen LogP contribution is -1.95. The summed E-state index contributed by atoms with van der Waals surface area (Å²) in [5.74, 6) is -0.384. The molecular weight excluding hydrogens is 338 g/mol. The number of hydrogen-bond acceptors (Lipinski definition) is 4. The van der Waals surface area contributed by atoms with Gasteiger partial charge in [0.1, 0.15) is 17.4 Å². The second-order valence-electron chi connectivity index (χ2n) is 5.83. The largest absolute Gasteiger partial charge is 0.454 e. The predicted molar refractivity (Wildman–Crippen MR) is 94.0 cm³/mol. The van der Waals surface area contributed by atoms with Crippen LogP contribution in [0.25, 0.3) is 16.8 Å². The first-order valence-electron chi connectivity index (χ1n) is 7.85. The number of rotatable bonds is 3. The van der Waals surface area contributed by atoms with E-state index in [0.717, 1.165) is 23.5 Å². The Morgan fingerprint density at radius 3 is 2.58 bits per heavy atom. The zero-order chi connectivity index (χ0) is 18.3. The van der Waals surface area contributed by atoms with Crippen LogP contribution in [0.2, 0.25) is 0 Å². The molecule has 26 heavy (non-hydrogen) atoms. The van der Waals surface area contributed by atoms with E-state index in [0.29, 0.717) is 22.6 Å². The Bertz CT molecular complexity index is 1120. The number of nitrogens with zero attached hydrogens (tertiary/aromatic N) is 3. The maximum absolute atomic E-state index is 14.0. The van der Waals surface area contributed by atoms with Gasteiger partial charge in [0.25, 0.3) is 0 Å². The number of hydrogen-bond donors (Lipinski definition) is 1. The predicted octanol–water partition coefficient (Wildman–Crippen LogP) is 4.36. The molecule has 0 aliphatic heterocycles. The summed E-state index contributed by atoms with van der Waals surface area (Å²) in [4.78, 5) is 0. The number of benzene rings is 2. The highest BCUT2D eigenvalue weighted by Gasteiger charge is 2.13. The van der Waals surface area contributed by atoms with Crippen molar-refractivity contribution in [3.05, 3.63) is 72.2 Å². The number of aromatic nitrogens is 3. The fourth-order valence-electron chi connectivity index (χ4n) is 2.70. The molecule has 0 saturated heterocycles. The lowest BCUT2D eigenvalue weighted by atomic mass is 10.1. The molecule has 0 aliphatic carbocycles. The minimum absolute atomic E-state index is 0.0704. The molecule has 130 valence electrons. The van der Waals surface area contributed by atoms with Gasteiger partial charge < -0.3 is 10.5 Å². The van der Waals surface area contributed by atoms with E-state index in [1.54, 1.807) is 18.2 Å². The van der Waals surface area contributed by atoms with Gasteiger partial charge >= 0.3 is 0 Å². The zero-order valence-electron chi connectivity index (χ0n) is 13.8. The van der Waals surface area contributed by atoms with Crippen LogP contribution in [0.5, 0.6) is 11.5 Å². The van der Waals surface area contributed by atoms with Crippen LogP contribution in [-0.4, -0.2) is 14.6 Å². The number of fused-ring (bicyclic) bond motifs is 1. The van der Waals surface area contributed by atoms with E-state index in [1.807, 2.05) is 29.7 Å². The van der Waals surface area contributed by atoms with E-state index in [-0.39, 0.29) is 5.75 Å². The molecule has 0 unspecified atom stereocenters. The average molecular weight is 352 g/mol. The summed E-state index contributed by atoms with van der Waals surface area (Å²) in [5.41, 5.74) is 8.63. The third-order valence-corrected chi connectivity index (χ3v) is 4.00. The molecule has 2 heterocycles. The molecule has 4 aromatic rings. The van der Waals surface area contributed by atoms with Gasteiger partial charge in [-0.15, -0.1) is 10.2 Å². The second-order valence-corrected chi connectivity index (χ2v) is 5.83. The highest BCUT2D eigenvalue weighted by molar-refractivity contribution is 5.74. The van der Waals surface area contributed by atoms with Crippen molar-refractivity contribution < 1.29 is 13.5 Å². The molecule has 7 heteroatoms. The summed E-state index contributed by atoms with van der Waals surface area (Å²) in [6.45, 7) is 1.84. The van der Waals surface area contributed by atoms with E-state index in [1.165, 1.54) is 6.07 Å². The number of anilines is 1. The molecule has 0 aliphatic rings. The van der Waals surface area contributed by atoms with E-state index >= 15 is 0 Å². The Hall–Kier alpha value is -3.48. The van der Waals surface area contributed by atoms with Crippen molar-refractivity contribution >= 4 is 11.3 Å². The third kappa shape index (κ3) is 2.83. The summed E-state index contributed by atoms with van der Waals surface area (Å²) in [7, 11) is 0. The lowest BCUT2D eigenvalue weighted by Gasteiger charge is -2.13. The molecule has 4 rings (SSSR count). The number of aryl methyl sites for hydroxylation is 1. The number of halogens is 2. The molecule has 0 spiro atoms. The van der Waals surface area contributed by atoms with Gasteiger partial charge in [-0.2, -0.15) is 0 Å². The van der Waals surface area contributed by atoms with Crippen LogP contribution in [0.3, 0.4) is 0 Å². The van der Waals surface area contributed by atoms with Crippen LogP contribution in [0.15, 0.2) is 54.7 Å². The minimum Gasteiger partial charge on any atom is -0.454 e. The average Bonchev–Trinajstić information content (AvgIpc) is 2.99. The maximum Gasteiger partial charge on any atom is 0.168 e. The quantitative estimate of drug-likeness (QED) is 0.557. The van der Waals surface area contributed by atoms with Crippen molar-refractivity contribution in [2.75, 3.05) is 5.73 Å². The zero-order valence-corrected chi connectivity index (χ0v) is 13.8. The van der Waals surface area contributed by atoms with Crippen LogP contribution >= 0.6 is 0 Å². The number of nitrogens with two attached hydrogens (primary N) is 1. The SMILES string of the molecule is Cc1nnc2ccc(-c3cc(N)ccc3Oc3ccc(F)cc3F)cn12. The molecule has 2 N–H and O–H groups in total. The highest BCUT2D eigenvalue weighted by atomic mass is 19.1. The van der Waals surface area contributed by atoms with Gasteiger partial charge in [0.05, 0.1) is 0 Å². The van der Waals surface area contributed by atoms with Gasteiger partial charge in [0.15, 0.2) is 17.2 Å². The normalized spacial score (nSPS) is 11.0. The maximum atomic E-state index is 14.0. The van der Waals surface area contributed by atoms with E-state index in [2.05, 4.69) is 10.2 Å². The van der Waals surface area contributed by atoms with Crippen molar-refractivity contribution in [3.63, 3.8) is 0 Å². The molecule has 0 atom stereocenters. The summed E-state index contributed by atoms with van der Waals surface area (Å²) >= 11 is 0. The van der Waals surface area contributed by atoms with Crippen molar-refractivity contribution in [2.24, 2.45) is 0 Å². The monoisotopic (exact) mass is 352 g/mol. The summed E-state index contributed by atoms with van der Waals surface area (Å²) in [6.07, 6.45) is 1.85. The van der Waals surface area contributed by atoms with Crippen LogP contribution < -0.4 is 10.5 Å². The van der Waals surface area contributed by atoms with Gasteiger partial charge in [0, 0.05) is 29.1 Å². The molecule has 0 radical (unpaired) electrons. The van der Waals surface area contributed by atoms with E-state index in [4.69, 9.17) is 10.5 Å². The smallest absolute Gasteiger partial charge is 0.168 e. The molecule has 0 amide bonds. The van der Waals surface area contributed by atoms with Gasteiger partial charge in [-0.25, -0.2) is 8.78 Å². The third-order valence-electron chi connectivity index (χ3n) is 4.00. The number of pyridine rings is 1. The van der Waals surface area contributed by atoms with Crippen molar-refractivity contribution in [2.45, 2.75) is 6.92 Å². The lowest BCUT2D eigenvalue weighted by molar-refractivity contribution is 0.439. The van der Waals surface area contributed by atoms with Crippen molar-refractivity contribution in [1.29, 1.82) is 0 Å². The molecule has 0 bridgehead atoms. The van der Waals surface area contributed by atoms with Gasteiger partial charge in [-0.3, -0.25) is 4.40 Å². The second kappa shape index (κ2) is 6.11. The van der Waals surface area contributed by atoms with Crippen LogP contribution in [0.4, 0.5) is 14.5 Å². The highest BCUT2D eigenvalue weighted by Crippen LogP contribution is 2.36. The fraction of sp³-hybridized carbons (Fsp3) is 0.0526. The molecule has 5 nitrogen and oxygen atoms in total. The van der Waals surface area contributed by atoms with Crippen LogP contribution in [-0.2, 0) is 0 Å². The Morgan fingerprint density at radius 2 is 1.77 bits per heavy atom. The number of ether oxygens (including phenoxy) is 1. The molecule has 0 fully saturated rings. The van der Waals surface area contributed by atoms with E-state index < -0.39 is 11.6 Å². The molecule has 2 aromatic carbocycles. The Balaban J connectivity index is 1.82. The van der Waals surface area contributed by atoms with Crippen molar-refractivity contribution in [3.8, 4) is 22.6 Å². The Labute approximate surface area is 147 Å². The van der Waals surface area contributed by atoms with Crippen LogP contribution in [0, 0.1) is 18.6 Å². The number of nitrogen functional groups attached to an aromatic ring is 1. The Morgan fingerprint density at radius 1 is 0.962 bits per heavy atom. The Kier molecular flexibility index (Phi) is 3.76. The van der Waals surface area contributed by atoms with E-state index in [9.17, 15) is 8.78 Å². The van der Waals surface area contributed by atoms with Gasteiger partial charge in [-0.1, -0.05) is 0 Å². The van der Waals surface area contributed by atoms with Gasteiger partial charge in [0.2, 0.25) is 0 Å². The molecule has 0 saturated carbocycles. The van der Waals surface area contributed by atoms with Crippen LogP contribution in [0.1, 0.15) is 5.82 Å². The standard InChI is InChI=1S/C19H14F2N4O/c1-11-23-24-19-7-2-12(10-25(11)19)15-9-14(22)4-6-17(15)26-18-5-3-13(20)8-16(18)21/h2-10H,22H2,1H3. The topological polar surface area (TPSA) is 65.4 Å². The summed E-state index contributed by atoms with van der Waals surface area (Å²) < 4.78 is 34.6. The van der Waals surface area contributed by atoms with Crippen molar-refractivity contribution in [1.82, 2.24) is 14.6 Å². The first kappa shape index (κ1) is 16.0. The first-order valence-corrected chi connectivity index (χ1v) is 7.85. The fourth-order valence-corrected chi connectivity index (χ4v) is 2.70. The molecular formula is C19H14F2N4O. The minimum atomic E-state index is -0.780. The summed E-state index contributed by atoms with van der Waals surface area (Å²) in [5, 5.41) is 8.08. The van der Waals surface area contributed by atoms with Gasteiger partial charge in [-0.05, 0) is 49.4 Å². The molecule has 2 aromatic heterocycles. The first-order chi connectivity index (χ1) is 12.5. The summed E-state index contributed by atoms with van der Waals surface area (Å²) in [6, 6.07) is 11.9.